The van der Waals surface area contributed by atoms with E-state index in [1.807, 2.05) is 0 Å². The van der Waals surface area contributed by atoms with E-state index in [2.05, 4.69) is 17.1 Å². The van der Waals surface area contributed by atoms with Crippen molar-refractivity contribution >= 4 is 5.97 Å². The van der Waals surface area contributed by atoms with Crippen LogP contribution in [0, 0.1) is 0 Å². The third kappa shape index (κ3) is 2.45. The van der Waals surface area contributed by atoms with Gasteiger partial charge in [-0.3, -0.25) is 9.69 Å². The van der Waals surface area contributed by atoms with Crippen molar-refractivity contribution < 1.29 is 9.90 Å². The molecule has 4 heteroatoms. The zero-order chi connectivity index (χ0) is 10.1. The van der Waals surface area contributed by atoms with E-state index in [9.17, 15) is 4.79 Å². The van der Waals surface area contributed by atoms with Gasteiger partial charge in [-0.15, -0.1) is 0 Å². The van der Waals surface area contributed by atoms with E-state index in [1.54, 1.807) is 0 Å². The van der Waals surface area contributed by atoms with Crippen LogP contribution in [0.15, 0.2) is 0 Å². The molecule has 0 spiro atoms. The highest BCUT2D eigenvalue weighted by Gasteiger charge is 2.34. The molecule has 0 radical (unpaired) electrons. The van der Waals surface area contributed by atoms with Crippen LogP contribution in [-0.4, -0.2) is 47.2 Å². The summed E-state index contributed by atoms with van der Waals surface area (Å²) in [7, 11) is 0. The summed E-state index contributed by atoms with van der Waals surface area (Å²) in [5.74, 6) is -0.702. The summed E-state index contributed by atoms with van der Waals surface area (Å²) in [6.45, 7) is 4.10. The molecule has 14 heavy (non-hydrogen) atoms. The maximum atomic E-state index is 10.6. The molecule has 80 valence electrons. The minimum absolute atomic E-state index is 0.136. The van der Waals surface area contributed by atoms with Gasteiger partial charge in [0.15, 0.2) is 0 Å². The van der Waals surface area contributed by atoms with Crippen LogP contribution in [0.2, 0.25) is 0 Å². The molecule has 0 bridgehead atoms. The number of carboxylic acid groups (broad SMARTS) is 1. The fraction of sp³-hybridized carbons (Fsp3) is 0.900. The quantitative estimate of drug-likeness (QED) is 0.684. The number of nitrogens with zero attached hydrogens (tertiary/aromatic N) is 1. The first-order valence-electron chi connectivity index (χ1n) is 5.37. The van der Waals surface area contributed by atoms with Gasteiger partial charge in [0.25, 0.3) is 0 Å². The summed E-state index contributed by atoms with van der Waals surface area (Å²) in [6.07, 6.45) is 2.84. The normalized spacial score (nSPS) is 34.4. The van der Waals surface area contributed by atoms with E-state index in [1.165, 1.54) is 12.8 Å². The van der Waals surface area contributed by atoms with Crippen molar-refractivity contribution in [3.05, 3.63) is 0 Å². The SMILES string of the molecule is CC1CN(C2CC2)CC(CC(=O)O)N1. The highest BCUT2D eigenvalue weighted by molar-refractivity contribution is 5.67. The molecular weight excluding hydrogens is 180 g/mol. The Hall–Kier alpha value is -0.610. The number of hydrogen-bond acceptors (Lipinski definition) is 3. The van der Waals surface area contributed by atoms with E-state index in [-0.39, 0.29) is 12.5 Å². The third-order valence-electron chi connectivity index (χ3n) is 2.97. The number of rotatable bonds is 3. The summed E-state index contributed by atoms with van der Waals surface area (Å²) < 4.78 is 0. The van der Waals surface area contributed by atoms with Crippen LogP contribution in [0.5, 0.6) is 0 Å². The highest BCUT2D eigenvalue weighted by Crippen LogP contribution is 2.28. The summed E-state index contributed by atoms with van der Waals surface area (Å²) in [5, 5.41) is 12.1. The van der Waals surface area contributed by atoms with Gasteiger partial charge in [0, 0.05) is 31.2 Å². The lowest BCUT2D eigenvalue weighted by Crippen LogP contribution is -2.56. The number of carbonyl (C=O) groups is 1. The Morgan fingerprint density at radius 1 is 1.50 bits per heavy atom. The van der Waals surface area contributed by atoms with Crippen LogP contribution < -0.4 is 5.32 Å². The third-order valence-corrected chi connectivity index (χ3v) is 2.97. The maximum Gasteiger partial charge on any atom is 0.304 e. The molecule has 1 saturated heterocycles. The molecule has 2 rings (SSSR count). The van der Waals surface area contributed by atoms with Crippen LogP contribution in [-0.2, 0) is 4.79 Å². The Morgan fingerprint density at radius 2 is 2.21 bits per heavy atom. The lowest BCUT2D eigenvalue weighted by atomic mass is 10.1. The molecule has 2 aliphatic rings. The first kappa shape index (κ1) is 9.93. The molecule has 2 fully saturated rings. The zero-order valence-electron chi connectivity index (χ0n) is 8.57. The lowest BCUT2D eigenvalue weighted by molar-refractivity contribution is -0.137. The molecule has 2 unspecified atom stereocenters. The van der Waals surface area contributed by atoms with Gasteiger partial charge < -0.3 is 10.4 Å². The Bertz CT molecular complexity index is 228. The minimum atomic E-state index is -0.702. The second-order valence-electron chi connectivity index (χ2n) is 4.55. The highest BCUT2D eigenvalue weighted by atomic mass is 16.4. The predicted molar refractivity (Wildman–Crippen MR) is 53.2 cm³/mol. The largest absolute Gasteiger partial charge is 0.481 e. The Morgan fingerprint density at radius 3 is 2.79 bits per heavy atom. The lowest BCUT2D eigenvalue weighted by Gasteiger charge is -2.37. The topological polar surface area (TPSA) is 52.6 Å². The van der Waals surface area contributed by atoms with E-state index in [4.69, 9.17) is 5.11 Å². The van der Waals surface area contributed by atoms with Gasteiger partial charge in [-0.05, 0) is 19.8 Å². The van der Waals surface area contributed by atoms with E-state index in [0.29, 0.717) is 6.04 Å². The fourth-order valence-corrected chi connectivity index (χ4v) is 2.29. The first-order chi connectivity index (χ1) is 6.65. The molecule has 1 saturated carbocycles. The molecule has 1 heterocycles. The van der Waals surface area contributed by atoms with Gasteiger partial charge in [-0.2, -0.15) is 0 Å². The van der Waals surface area contributed by atoms with Crippen LogP contribution >= 0.6 is 0 Å². The number of piperazine rings is 1. The number of carboxylic acids is 1. The summed E-state index contributed by atoms with van der Waals surface area (Å²) in [6, 6.07) is 1.31. The molecule has 1 aliphatic carbocycles. The average Bonchev–Trinajstić information content (AvgIpc) is 2.82. The van der Waals surface area contributed by atoms with Gasteiger partial charge in [0.2, 0.25) is 0 Å². The molecule has 0 aromatic carbocycles. The van der Waals surface area contributed by atoms with Crippen LogP contribution in [0.1, 0.15) is 26.2 Å². The number of hydrogen-bond donors (Lipinski definition) is 2. The standard InChI is InChI=1S/C10H18N2O2/c1-7-5-12(9-2-3-9)6-8(11-7)4-10(13)14/h7-9,11H,2-6H2,1H3,(H,13,14). The van der Waals surface area contributed by atoms with E-state index >= 15 is 0 Å². The first-order valence-corrected chi connectivity index (χ1v) is 5.37. The van der Waals surface area contributed by atoms with Crippen molar-refractivity contribution in [2.24, 2.45) is 0 Å². The summed E-state index contributed by atoms with van der Waals surface area (Å²) in [5.41, 5.74) is 0. The van der Waals surface area contributed by atoms with E-state index in [0.717, 1.165) is 19.1 Å². The molecule has 4 nitrogen and oxygen atoms in total. The summed E-state index contributed by atoms with van der Waals surface area (Å²) >= 11 is 0. The second kappa shape index (κ2) is 3.87. The van der Waals surface area contributed by atoms with Crippen LogP contribution in [0.4, 0.5) is 0 Å². The zero-order valence-corrected chi connectivity index (χ0v) is 8.57. The van der Waals surface area contributed by atoms with Crippen LogP contribution in [0.3, 0.4) is 0 Å². The fourth-order valence-electron chi connectivity index (χ4n) is 2.29. The minimum Gasteiger partial charge on any atom is -0.481 e. The Labute approximate surface area is 84.3 Å². The molecule has 1 aliphatic heterocycles. The average molecular weight is 198 g/mol. The monoisotopic (exact) mass is 198 g/mol. The van der Waals surface area contributed by atoms with Gasteiger partial charge in [-0.25, -0.2) is 0 Å². The summed E-state index contributed by atoms with van der Waals surface area (Å²) in [4.78, 5) is 13.0. The number of nitrogens with one attached hydrogen (secondary N) is 1. The molecule has 0 aromatic heterocycles. The molecule has 2 N–H and O–H groups in total. The van der Waals surface area contributed by atoms with Crippen molar-refractivity contribution in [2.75, 3.05) is 13.1 Å². The van der Waals surface area contributed by atoms with Gasteiger partial charge >= 0.3 is 5.97 Å². The molecule has 2 atom stereocenters. The maximum absolute atomic E-state index is 10.6. The van der Waals surface area contributed by atoms with Crippen molar-refractivity contribution in [3.8, 4) is 0 Å². The Kier molecular flexibility index (Phi) is 2.74. The Balaban J connectivity index is 1.88. The van der Waals surface area contributed by atoms with Crippen molar-refractivity contribution in [1.29, 1.82) is 0 Å². The van der Waals surface area contributed by atoms with Crippen molar-refractivity contribution in [2.45, 2.75) is 44.3 Å². The van der Waals surface area contributed by atoms with E-state index < -0.39 is 5.97 Å². The van der Waals surface area contributed by atoms with Gasteiger partial charge in [-0.1, -0.05) is 0 Å². The smallest absolute Gasteiger partial charge is 0.304 e. The van der Waals surface area contributed by atoms with Gasteiger partial charge in [0.1, 0.15) is 0 Å². The molecule has 0 aromatic rings. The predicted octanol–water partition coefficient (Wildman–Crippen LogP) is 0.286. The molecule has 0 amide bonds. The van der Waals surface area contributed by atoms with Crippen molar-refractivity contribution in [3.63, 3.8) is 0 Å². The van der Waals surface area contributed by atoms with Crippen LogP contribution in [0.25, 0.3) is 0 Å². The molecular formula is C10H18N2O2. The van der Waals surface area contributed by atoms with Gasteiger partial charge in [0.05, 0.1) is 6.42 Å². The van der Waals surface area contributed by atoms with Crippen molar-refractivity contribution in [1.82, 2.24) is 10.2 Å². The number of aliphatic carboxylic acids is 1. The second-order valence-corrected chi connectivity index (χ2v) is 4.55.